The van der Waals surface area contributed by atoms with Gasteiger partial charge in [-0.15, -0.1) is 0 Å². The van der Waals surface area contributed by atoms with E-state index < -0.39 is 7.32 Å². The summed E-state index contributed by atoms with van der Waals surface area (Å²) in [6.45, 7) is 4.20. The highest BCUT2D eigenvalue weighted by Crippen LogP contribution is 2.11. The van der Waals surface area contributed by atoms with Crippen molar-refractivity contribution in [2.75, 3.05) is 0 Å². The van der Waals surface area contributed by atoms with Gasteiger partial charge in [0.25, 0.3) is 0 Å². The summed E-state index contributed by atoms with van der Waals surface area (Å²) in [6.07, 6.45) is 1.37. The Morgan fingerprint density at radius 3 is 2.07 bits per heavy atom. The molecule has 0 fully saturated rings. The van der Waals surface area contributed by atoms with Crippen LogP contribution in [0.1, 0.15) is 20.3 Å². The SMILES string of the molecule is CCC(C)Oc1ccccc1.OB(O)O. The number of hydrogen-bond donors (Lipinski definition) is 3. The van der Waals surface area contributed by atoms with Gasteiger partial charge in [0.05, 0.1) is 6.10 Å². The van der Waals surface area contributed by atoms with Crippen molar-refractivity contribution in [2.24, 2.45) is 0 Å². The van der Waals surface area contributed by atoms with Gasteiger partial charge in [0.1, 0.15) is 5.75 Å². The lowest BCUT2D eigenvalue weighted by Crippen LogP contribution is -2.09. The van der Waals surface area contributed by atoms with Crippen molar-refractivity contribution in [3.8, 4) is 5.75 Å². The van der Waals surface area contributed by atoms with E-state index in [1.807, 2.05) is 30.3 Å². The smallest absolute Gasteiger partial charge is 0.491 e. The van der Waals surface area contributed by atoms with Crippen molar-refractivity contribution in [2.45, 2.75) is 26.4 Å². The molecule has 0 amide bonds. The van der Waals surface area contributed by atoms with Crippen LogP contribution in [0.3, 0.4) is 0 Å². The van der Waals surface area contributed by atoms with E-state index in [-0.39, 0.29) is 0 Å². The zero-order valence-corrected chi connectivity index (χ0v) is 9.00. The van der Waals surface area contributed by atoms with Crippen LogP contribution in [0.2, 0.25) is 0 Å². The van der Waals surface area contributed by atoms with E-state index in [0.29, 0.717) is 6.10 Å². The minimum absolute atomic E-state index is 0.317. The summed E-state index contributed by atoms with van der Waals surface area (Å²) in [5.41, 5.74) is 0. The Morgan fingerprint density at radius 2 is 1.67 bits per heavy atom. The Labute approximate surface area is 90.3 Å². The third-order valence-corrected chi connectivity index (χ3v) is 1.66. The minimum atomic E-state index is -2.17. The Bertz CT molecular complexity index is 238. The summed E-state index contributed by atoms with van der Waals surface area (Å²) in [7, 11) is -2.17. The van der Waals surface area contributed by atoms with Gasteiger partial charge in [0, 0.05) is 0 Å². The van der Waals surface area contributed by atoms with Crippen LogP contribution in [-0.4, -0.2) is 28.5 Å². The standard InChI is InChI=1S/C10H14O.BH3O3/c1-3-9(2)11-10-7-5-4-6-8-10;2-1(3)4/h4-9H,3H2,1-2H3;2-4H. The number of benzene rings is 1. The molecule has 84 valence electrons. The first kappa shape index (κ1) is 14.0. The van der Waals surface area contributed by atoms with Gasteiger partial charge in [-0.25, -0.2) is 0 Å². The maximum Gasteiger partial charge on any atom is 0.631 e. The molecule has 0 bridgehead atoms. The van der Waals surface area contributed by atoms with E-state index in [1.165, 1.54) is 0 Å². The second-order valence-corrected chi connectivity index (χ2v) is 3.00. The molecule has 0 aliphatic rings. The van der Waals surface area contributed by atoms with Crippen molar-refractivity contribution in [1.82, 2.24) is 0 Å². The summed E-state index contributed by atoms with van der Waals surface area (Å²) in [5.74, 6) is 0.960. The predicted molar refractivity (Wildman–Crippen MR) is 59.2 cm³/mol. The van der Waals surface area contributed by atoms with Crippen LogP contribution in [0, 0.1) is 0 Å². The molecule has 1 aromatic carbocycles. The van der Waals surface area contributed by atoms with Gasteiger partial charge in [-0.1, -0.05) is 25.1 Å². The number of rotatable bonds is 3. The van der Waals surface area contributed by atoms with Crippen molar-refractivity contribution < 1.29 is 19.8 Å². The minimum Gasteiger partial charge on any atom is -0.491 e. The van der Waals surface area contributed by atoms with Crippen molar-refractivity contribution in [3.05, 3.63) is 30.3 Å². The normalized spacial score (nSPS) is 11.0. The molecule has 15 heavy (non-hydrogen) atoms. The Kier molecular flexibility index (Phi) is 7.72. The fraction of sp³-hybridized carbons (Fsp3) is 0.400. The van der Waals surface area contributed by atoms with Crippen molar-refractivity contribution in [1.29, 1.82) is 0 Å². The fourth-order valence-electron chi connectivity index (χ4n) is 0.815. The highest BCUT2D eigenvalue weighted by atomic mass is 16.5. The highest BCUT2D eigenvalue weighted by Gasteiger charge is 1.98. The van der Waals surface area contributed by atoms with Crippen molar-refractivity contribution in [3.63, 3.8) is 0 Å². The first-order chi connectivity index (χ1) is 7.06. The van der Waals surface area contributed by atoms with Gasteiger partial charge >= 0.3 is 7.32 Å². The molecule has 0 aliphatic carbocycles. The van der Waals surface area contributed by atoms with E-state index in [9.17, 15) is 0 Å². The van der Waals surface area contributed by atoms with Crippen LogP contribution in [0.4, 0.5) is 0 Å². The lowest BCUT2D eigenvalue weighted by molar-refractivity contribution is 0.217. The summed E-state index contributed by atoms with van der Waals surface area (Å²) < 4.78 is 5.56. The Morgan fingerprint density at radius 1 is 1.20 bits per heavy atom. The second kappa shape index (κ2) is 8.29. The average molecular weight is 212 g/mol. The zero-order chi connectivity index (χ0) is 11.7. The number of para-hydroxylation sites is 1. The van der Waals surface area contributed by atoms with Crippen LogP contribution < -0.4 is 4.74 Å². The highest BCUT2D eigenvalue weighted by molar-refractivity contribution is 6.30. The summed E-state index contributed by atoms with van der Waals surface area (Å²) in [6, 6.07) is 9.91. The molecule has 1 unspecified atom stereocenters. The van der Waals surface area contributed by atoms with Crippen LogP contribution >= 0.6 is 0 Å². The first-order valence-corrected chi connectivity index (χ1v) is 4.82. The fourth-order valence-corrected chi connectivity index (χ4v) is 0.815. The Balaban J connectivity index is 0.000000423. The maximum absolute atomic E-state index is 7.17. The van der Waals surface area contributed by atoms with Crippen LogP contribution in [-0.2, 0) is 0 Å². The molecule has 0 spiro atoms. The van der Waals surface area contributed by atoms with Crippen LogP contribution in [0.15, 0.2) is 30.3 Å². The van der Waals surface area contributed by atoms with E-state index in [4.69, 9.17) is 19.8 Å². The molecule has 0 aromatic heterocycles. The van der Waals surface area contributed by atoms with Gasteiger partial charge in [0.2, 0.25) is 0 Å². The lowest BCUT2D eigenvalue weighted by Gasteiger charge is -2.11. The molecule has 5 heteroatoms. The third-order valence-electron chi connectivity index (χ3n) is 1.66. The quantitative estimate of drug-likeness (QED) is 0.648. The summed E-state index contributed by atoms with van der Waals surface area (Å²) >= 11 is 0. The molecule has 1 atom stereocenters. The zero-order valence-electron chi connectivity index (χ0n) is 9.00. The van der Waals surface area contributed by atoms with Crippen LogP contribution in [0.5, 0.6) is 5.75 Å². The number of hydrogen-bond acceptors (Lipinski definition) is 4. The topological polar surface area (TPSA) is 69.9 Å². The van der Waals surface area contributed by atoms with Gasteiger partial charge in [-0.2, -0.15) is 0 Å². The molecule has 1 aromatic rings. The van der Waals surface area contributed by atoms with Crippen molar-refractivity contribution >= 4 is 7.32 Å². The van der Waals surface area contributed by atoms with E-state index >= 15 is 0 Å². The monoisotopic (exact) mass is 212 g/mol. The van der Waals surface area contributed by atoms with Crippen LogP contribution in [0.25, 0.3) is 0 Å². The van der Waals surface area contributed by atoms with Gasteiger partial charge in [-0.3, -0.25) is 0 Å². The molecule has 3 N–H and O–H groups in total. The summed E-state index contributed by atoms with van der Waals surface area (Å²) in [5, 5.41) is 21.5. The molecule has 1 rings (SSSR count). The predicted octanol–water partition coefficient (Wildman–Crippen LogP) is 0.812. The van der Waals surface area contributed by atoms with Gasteiger partial charge in [0.15, 0.2) is 0 Å². The van der Waals surface area contributed by atoms with E-state index in [2.05, 4.69) is 13.8 Å². The summed E-state index contributed by atoms with van der Waals surface area (Å²) in [4.78, 5) is 0. The first-order valence-electron chi connectivity index (χ1n) is 4.82. The molecule has 0 heterocycles. The van der Waals surface area contributed by atoms with Gasteiger partial charge < -0.3 is 19.8 Å². The van der Waals surface area contributed by atoms with Gasteiger partial charge in [-0.05, 0) is 25.5 Å². The third kappa shape index (κ3) is 9.27. The largest absolute Gasteiger partial charge is 0.631 e. The maximum atomic E-state index is 7.17. The van der Waals surface area contributed by atoms with E-state index in [1.54, 1.807) is 0 Å². The average Bonchev–Trinajstić information content (AvgIpc) is 2.18. The molecule has 4 nitrogen and oxygen atoms in total. The molecule has 0 radical (unpaired) electrons. The Hall–Kier alpha value is -1.04. The molecular weight excluding hydrogens is 195 g/mol. The molecule has 0 saturated carbocycles. The van der Waals surface area contributed by atoms with E-state index in [0.717, 1.165) is 12.2 Å². The number of ether oxygens (including phenoxy) is 1. The molecular formula is C10H17BO4. The molecule has 0 aliphatic heterocycles. The second-order valence-electron chi connectivity index (χ2n) is 3.00. The lowest BCUT2D eigenvalue weighted by atomic mass is 10.3. The molecule has 0 saturated heterocycles.